The van der Waals surface area contributed by atoms with Crippen molar-refractivity contribution in [2.24, 2.45) is 15.0 Å². The number of nitrogens with zero attached hydrogens (tertiary/aromatic N) is 4. The Labute approximate surface area is 287 Å². The van der Waals surface area contributed by atoms with Gasteiger partial charge in [-0.2, -0.15) is 0 Å². The lowest BCUT2D eigenvalue weighted by Gasteiger charge is -2.17. The number of aromatic nitrogens is 1. The van der Waals surface area contributed by atoms with Crippen LogP contribution in [0.25, 0.3) is 11.1 Å². The van der Waals surface area contributed by atoms with Crippen molar-refractivity contribution < 1.29 is 9.47 Å². The molecule has 0 radical (unpaired) electrons. The molecule has 0 amide bonds. The maximum Gasteiger partial charge on any atom is 0.121 e. The summed E-state index contributed by atoms with van der Waals surface area (Å²) < 4.78 is 11.5. The molecule has 1 aromatic heterocycles. The van der Waals surface area contributed by atoms with Crippen LogP contribution in [0.1, 0.15) is 37.1 Å². The minimum absolute atomic E-state index is 0.530. The summed E-state index contributed by atoms with van der Waals surface area (Å²) in [5.41, 5.74) is 15.8. The Morgan fingerprint density at radius 3 is 2.04 bits per heavy atom. The smallest absolute Gasteiger partial charge is 0.121 e. The van der Waals surface area contributed by atoms with E-state index in [0.717, 1.165) is 105 Å². The number of hydrogen-bond donors (Lipinski definition) is 2. The molecule has 1 aliphatic carbocycles. The highest BCUT2D eigenvalue weighted by Crippen LogP contribution is 2.37. The van der Waals surface area contributed by atoms with Crippen molar-refractivity contribution in [1.29, 1.82) is 0 Å². The van der Waals surface area contributed by atoms with Crippen molar-refractivity contribution in [2.45, 2.75) is 25.7 Å². The lowest BCUT2D eigenvalue weighted by Crippen LogP contribution is -2.23. The van der Waals surface area contributed by atoms with Gasteiger partial charge in [-0.3, -0.25) is 0 Å². The number of ether oxygens (including phenoxy) is 2. The maximum absolute atomic E-state index is 5.76. The molecule has 0 spiro atoms. The van der Waals surface area contributed by atoms with Gasteiger partial charge in [-0.15, -0.1) is 18.9 Å². The Balaban J connectivity index is 1.41. The molecule has 8 nitrogen and oxygen atoms in total. The van der Waals surface area contributed by atoms with E-state index in [1.165, 1.54) is 0 Å². The van der Waals surface area contributed by atoms with Crippen LogP contribution in [0.2, 0.25) is 0 Å². The van der Waals surface area contributed by atoms with Crippen molar-refractivity contribution in [3.05, 3.63) is 161 Å². The zero-order valence-corrected chi connectivity index (χ0v) is 27.8. The largest absolute Gasteiger partial charge is 0.377 e. The number of aromatic amines is 1. The molecule has 246 valence electrons. The molecule has 0 saturated carbocycles. The van der Waals surface area contributed by atoms with Crippen LogP contribution >= 0.6 is 0 Å². The Morgan fingerprint density at radius 1 is 0.755 bits per heavy atom. The first kappa shape index (κ1) is 32.0. The monoisotopic (exact) mass is 648 g/mol. The molecule has 6 aliphatic rings. The third-order valence-electron chi connectivity index (χ3n) is 8.77. The molecule has 0 aromatic carbocycles. The fourth-order valence-corrected chi connectivity index (χ4v) is 6.48. The molecule has 5 aliphatic heterocycles. The molecule has 8 heteroatoms. The van der Waals surface area contributed by atoms with Crippen molar-refractivity contribution >= 4 is 28.3 Å². The van der Waals surface area contributed by atoms with Crippen LogP contribution in [-0.2, 0) is 9.47 Å². The summed E-state index contributed by atoms with van der Waals surface area (Å²) in [5.74, 6) is 0.926. The molecule has 0 fully saturated rings. The number of H-pyrrole nitrogens is 1. The molecule has 6 heterocycles. The number of aliphatic imine (C=N–C) groups is 3. The van der Waals surface area contributed by atoms with Gasteiger partial charge in [0.25, 0.3) is 0 Å². The van der Waals surface area contributed by atoms with Crippen LogP contribution in [-0.4, -0.2) is 60.5 Å². The number of rotatable bonds is 13. The van der Waals surface area contributed by atoms with Gasteiger partial charge in [0, 0.05) is 66.3 Å². The van der Waals surface area contributed by atoms with Crippen LogP contribution in [0.5, 0.6) is 0 Å². The Hall–Kier alpha value is -5.53. The predicted octanol–water partition coefficient (Wildman–Crippen LogP) is 7.57. The molecule has 0 unspecified atom stereocenters. The van der Waals surface area contributed by atoms with Gasteiger partial charge in [0.05, 0.1) is 53.0 Å². The molecular weight excluding hydrogens is 608 g/mol. The van der Waals surface area contributed by atoms with E-state index in [9.17, 15) is 0 Å². The molecule has 0 atom stereocenters. The van der Waals surface area contributed by atoms with Crippen molar-refractivity contribution in [1.82, 2.24) is 15.2 Å². The standard InChI is InChI=1S/C41H40N6O2/c1-4-24-48-26-8-12-29-31-14-18-35(43-31)39(28-10-6-7-11-28)36-19-15-32(44-36)30(13-9-27-49-25-5-2)34-17-21-38(46-34)40(37-20-16-33(29)45-37)41-42-22-23-47(41)3/h4-7,10,14-23,42-43H,1-2,8-9,12-13,24-27H2,3H3/b33-29?,34-30?,39-36?,41-40+. The number of nitrogens with one attached hydrogen (secondary N) is 2. The number of allylic oxidation sites excluding steroid dienone is 13. The topological polar surface area (TPSA) is 86.6 Å². The second kappa shape index (κ2) is 14.7. The summed E-state index contributed by atoms with van der Waals surface area (Å²) in [5, 5.41) is 3.43. The van der Waals surface area contributed by atoms with Crippen LogP contribution in [0.15, 0.2) is 165 Å². The maximum atomic E-state index is 5.76. The first-order valence-corrected chi connectivity index (χ1v) is 16.8. The minimum atomic E-state index is 0.530. The van der Waals surface area contributed by atoms with Crippen molar-refractivity contribution in [3.63, 3.8) is 0 Å². The van der Waals surface area contributed by atoms with Gasteiger partial charge in [-0.1, -0.05) is 18.2 Å². The molecule has 49 heavy (non-hydrogen) atoms. The van der Waals surface area contributed by atoms with Gasteiger partial charge in [-0.25, -0.2) is 15.0 Å². The molecule has 7 rings (SSSR count). The van der Waals surface area contributed by atoms with Gasteiger partial charge in [0.1, 0.15) is 5.82 Å². The van der Waals surface area contributed by atoms with E-state index in [0.29, 0.717) is 26.4 Å². The zero-order chi connectivity index (χ0) is 33.6. The van der Waals surface area contributed by atoms with Gasteiger partial charge < -0.3 is 24.7 Å². The predicted molar refractivity (Wildman–Crippen MR) is 200 cm³/mol. The molecule has 8 bridgehead atoms. The second-order valence-corrected chi connectivity index (χ2v) is 12.1. The second-order valence-electron chi connectivity index (χ2n) is 12.1. The van der Waals surface area contributed by atoms with Gasteiger partial charge in [0.2, 0.25) is 0 Å². The van der Waals surface area contributed by atoms with Crippen molar-refractivity contribution in [3.8, 4) is 0 Å². The average Bonchev–Trinajstić information content (AvgIpc) is 3.96. The fourth-order valence-electron chi connectivity index (χ4n) is 6.48. The summed E-state index contributed by atoms with van der Waals surface area (Å²) in [7, 11) is 2.03. The van der Waals surface area contributed by atoms with Gasteiger partial charge in [-0.05, 0) is 86.4 Å². The third kappa shape index (κ3) is 6.76. The highest BCUT2D eigenvalue weighted by atomic mass is 16.5. The lowest BCUT2D eigenvalue weighted by molar-refractivity contribution is 0.160. The molecule has 0 saturated heterocycles. The van der Waals surface area contributed by atoms with E-state index in [4.69, 9.17) is 24.5 Å². The normalized spacial score (nSPS) is 20.2. The number of fused-ring (bicyclic) bond motifs is 5. The van der Waals surface area contributed by atoms with Crippen LogP contribution in [0.4, 0.5) is 0 Å². The van der Waals surface area contributed by atoms with E-state index < -0.39 is 0 Å². The molecular formula is C41H40N6O2. The Morgan fingerprint density at radius 2 is 1.39 bits per heavy atom. The van der Waals surface area contributed by atoms with Crippen LogP contribution in [0.3, 0.4) is 0 Å². The average molecular weight is 649 g/mol. The summed E-state index contributed by atoms with van der Waals surface area (Å²) in [6.07, 6.45) is 29.4. The van der Waals surface area contributed by atoms with Gasteiger partial charge >= 0.3 is 0 Å². The quantitative estimate of drug-likeness (QED) is 0.131. The SMILES string of the molecule is C=CCOCCCC1=C2C=CC(=N2)/C(=C2\NC=CN2C)C2=NC(=C(CCCOCC=C)c3ccc([nH]3)C(C3=C=CC=C3)=C3C=CC1=N3)C=C2. The summed E-state index contributed by atoms with van der Waals surface area (Å²) in [6.45, 7) is 9.87. The van der Waals surface area contributed by atoms with Gasteiger partial charge in [0.15, 0.2) is 0 Å². The lowest BCUT2D eigenvalue weighted by atomic mass is 10.0. The first-order valence-electron chi connectivity index (χ1n) is 16.8. The Kier molecular flexibility index (Phi) is 9.62. The van der Waals surface area contributed by atoms with E-state index in [2.05, 4.69) is 88.8 Å². The highest BCUT2D eigenvalue weighted by Gasteiger charge is 2.28. The van der Waals surface area contributed by atoms with Crippen LogP contribution < -0.4 is 5.32 Å². The van der Waals surface area contributed by atoms with Crippen LogP contribution in [0, 0.1) is 0 Å². The summed E-state index contributed by atoms with van der Waals surface area (Å²) in [6, 6.07) is 4.29. The Bertz CT molecular complexity index is 2020. The molecule has 1 aromatic rings. The van der Waals surface area contributed by atoms with Crippen molar-refractivity contribution in [2.75, 3.05) is 33.5 Å². The first-order chi connectivity index (χ1) is 24.1. The summed E-state index contributed by atoms with van der Waals surface area (Å²) >= 11 is 0. The zero-order valence-electron chi connectivity index (χ0n) is 27.8. The third-order valence-corrected chi connectivity index (χ3v) is 8.77. The van der Waals surface area contributed by atoms with E-state index >= 15 is 0 Å². The van der Waals surface area contributed by atoms with E-state index in [1.807, 2.05) is 31.6 Å². The van der Waals surface area contributed by atoms with E-state index in [1.54, 1.807) is 12.2 Å². The van der Waals surface area contributed by atoms with E-state index in [-0.39, 0.29) is 0 Å². The highest BCUT2D eigenvalue weighted by molar-refractivity contribution is 6.34. The number of hydrogen-bond acceptors (Lipinski definition) is 7. The fraction of sp³-hybridized carbons (Fsp3) is 0.220. The summed E-state index contributed by atoms with van der Waals surface area (Å²) in [4.78, 5) is 21.6. The minimum Gasteiger partial charge on any atom is -0.377 e. The molecule has 2 N–H and O–H groups in total.